The highest BCUT2D eigenvalue weighted by atomic mass is 16.7. The molecule has 0 fully saturated rings. The lowest BCUT2D eigenvalue weighted by Gasteiger charge is -2.27. The van der Waals surface area contributed by atoms with Crippen molar-refractivity contribution in [1.82, 2.24) is 0 Å². The Labute approximate surface area is 227 Å². The van der Waals surface area contributed by atoms with Crippen molar-refractivity contribution in [2.75, 3.05) is 27.8 Å². The zero-order valence-electron chi connectivity index (χ0n) is 21.4. The van der Waals surface area contributed by atoms with E-state index >= 15 is 0 Å². The minimum Gasteiger partial charge on any atom is -0.504 e. The molecule has 0 unspecified atom stereocenters. The number of ether oxygens (including phenoxy) is 6. The third-order valence-corrected chi connectivity index (χ3v) is 6.92. The number of methoxy groups -OCH3 is 2. The van der Waals surface area contributed by atoms with Crippen LogP contribution in [-0.2, 0) is 28.7 Å². The normalized spacial score (nSPS) is 17.1. The molecule has 40 heavy (non-hydrogen) atoms. The minimum absolute atomic E-state index is 0.0276. The number of hydrogen-bond donors (Lipinski definition) is 2. The molecule has 5 rings (SSSR count). The number of allylic oxidation sites excluding steroid dienone is 2. The van der Waals surface area contributed by atoms with Crippen molar-refractivity contribution in [2.24, 2.45) is 0 Å². The molecule has 0 bridgehead atoms. The molecule has 12 nitrogen and oxygen atoms in total. The van der Waals surface area contributed by atoms with Crippen LogP contribution in [0.2, 0.25) is 0 Å². The van der Waals surface area contributed by atoms with Gasteiger partial charge >= 0.3 is 11.9 Å². The summed E-state index contributed by atoms with van der Waals surface area (Å²) in [5, 5.41) is 22.3. The Balaban J connectivity index is 1.59. The number of rotatable bonds is 8. The van der Waals surface area contributed by atoms with Crippen molar-refractivity contribution in [3.63, 3.8) is 0 Å². The summed E-state index contributed by atoms with van der Waals surface area (Å²) in [6.07, 6.45) is -0.879. The molecule has 2 atom stereocenters. The molecule has 2 aromatic rings. The van der Waals surface area contributed by atoms with E-state index in [4.69, 9.17) is 28.4 Å². The van der Waals surface area contributed by atoms with Gasteiger partial charge in [-0.2, -0.15) is 0 Å². The second kappa shape index (κ2) is 10.6. The van der Waals surface area contributed by atoms with Crippen LogP contribution < -0.4 is 18.9 Å². The van der Waals surface area contributed by atoms with Crippen molar-refractivity contribution in [3.05, 3.63) is 70.2 Å². The van der Waals surface area contributed by atoms with Crippen LogP contribution in [0.25, 0.3) is 0 Å². The summed E-state index contributed by atoms with van der Waals surface area (Å²) in [6.45, 7) is -0.0553. The van der Waals surface area contributed by atoms with Gasteiger partial charge in [-0.05, 0) is 35.4 Å². The highest BCUT2D eigenvalue weighted by Gasteiger charge is 2.43. The minimum atomic E-state index is -1.19. The number of aliphatic hydroxyl groups excluding tert-OH is 2. The van der Waals surface area contributed by atoms with Gasteiger partial charge in [0.05, 0.1) is 38.2 Å². The SMILES string of the molecule is COC(=O)C[C@@H](C1=C(O)C(=O)C([C@H](CC(=O)OC)c2ccc3c(c2)OCO3)=C(O)C1=O)c1ccc2c(c1)OCO2. The fourth-order valence-corrected chi connectivity index (χ4v) is 4.89. The molecular formula is C28H24O12. The number of Topliss-reactive ketones (excluding diaryl/α,β-unsaturated/α-hetero) is 2. The molecule has 0 radical (unpaired) electrons. The smallest absolute Gasteiger partial charge is 0.306 e. The topological polar surface area (TPSA) is 164 Å². The monoisotopic (exact) mass is 552 g/mol. The van der Waals surface area contributed by atoms with Crippen LogP contribution in [0.4, 0.5) is 0 Å². The predicted molar refractivity (Wildman–Crippen MR) is 133 cm³/mol. The first-order chi connectivity index (χ1) is 19.2. The van der Waals surface area contributed by atoms with Gasteiger partial charge in [0.1, 0.15) is 0 Å². The van der Waals surface area contributed by atoms with Crippen LogP contribution in [0.15, 0.2) is 59.1 Å². The number of esters is 2. The molecular weight excluding hydrogens is 528 g/mol. The van der Waals surface area contributed by atoms with Crippen LogP contribution in [0.1, 0.15) is 35.8 Å². The van der Waals surface area contributed by atoms with E-state index in [0.29, 0.717) is 34.1 Å². The molecule has 12 heteroatoms. The lowest BCUT2D eigenvalue weighted by molar-refractivity contribution is -0.142. The first-order valence-corrected chi connectivity index (χ1v) is 12.1. The van der Waals surface area contributed by atoms with Crippen LogP contribution in [0.3, 0.4) is 0 Å². The van der Waals surface area contributed by atoms with Crippen LogP contribution >= 0.6 is 0 Å². The van der Waals surface area contributed by atoms with Gasteiger partial charge < -0.3 is 38.6 Å². The van der Waals surface area contributed by atoms with Gasteiger partial charge in [0.15, 0.2) is 34.5 Å². The van der Waals surface area contributed by atoms with Gasteiger partial charge in [-0.1, -0.05) is 12.1 Å². The van der Waals surface area contributed by atoms with Gasteiger partial charge in [0.2, 0.25) is 25.2 Å². The largest absolute Gasteiger partial charge is 0.504 e. The van der Waals surface area contributed by atoms with E-state index in [9.17, 15) is 29.4 Å². The summed E-state index contributed by atoms with van der Waals surface area (Å²) in [5.41, 5.74) is -0.345. The Morgan fingerprint density at radius 3 is 1.45 bits per heavy atom. The molecule has 3 aliphatic rings. The second-order valence-corrected chi connectivity index (χ2v) is 9.07. The number of fused-ring (bicyclic) bond motifs is 2. The summed E-state index contributed by atoms with van der Waals surface area (Å²) < 4.78 is 31.0. The van der Waals surface area contributed by atoms with Crippen molar-refractivity contribution in [3.8, 4) is 23.0 Å². The maximum Gasteiger partial charge on any atom is 0.306 e. The predicted octanol–water partition coefficient (Wildman–Crippen LogP) is 2.91. The Hall–Kier alpha value is -5.00. The molecule has 2 N–H and O–H groups in total. The Morgan fingerprint density at radius 1 is 0.700 bits per heavy atom. The van der Waals surface area contributed by atoms with Crippen LogP contribution in [0.5, 0.6) is 23.0 Å². The fraction of sp³-hybridized carbons (Fsp3) is 0.286. The van der Waals surface area contributed by atoms with Crippen LogP contribution in [-0.4, -0.2) is 61.5 Å². The molecule has 1 aliphatic carbocycles. The number of carbonyl (C=O) groups excluding carboxylic acids is 4. The van der Waals surface area contributed by atoms with Gasteiger partial charge in [-0.3, -0.25) is 19.2 Å². The number of aliphatic hydroxyl groups is 2. The third-order valence-electron chi connectivity index (χ3n) is 6.92. The van der Waals surface area contributed by atoms with Gasteiger partial charge in [-0.15, -0.1) is 0 Å². The summed E-state index contributed by atoms with van der Waals surface area (Å²) >= 11 is 0. The van der Waals surface area contributed by atoms with E-state index in [1.165, 1.54) is 12.1 Å². The Bertz CT molecular complexity index is 1370. The van der Waals surface area contributed by atoms with E-state index in [0.717, 1.165) is 14.2 Å². The molecule has 0 saturated heterocycles. The van der Waals surface area contributed by atoms with Crippen molar-refractivity contribution >= 4 is 23.5 Å². The van der Waals surface area contributed by atoms with E-state index in [1.54, 1.807) is 24.3 Å². The lowest BCUT2D eigenvalue weighted by Crippen LogP contribution is -2.31. The van der Waals surface area contributed by atoms with Gasteiger partial charge in [0, 0.05) is 11.8 Å². The molecule has 0 aromatic heterocycles. The highest BCUT2D eigenvalue weighted by Crippen LogP contribution is 2.44. The number of ketones is 2. The van der Waals surface area contributed by atoms with Crippen LogP contribution in [0, 0.1) is 0 Å². The molecule has 0 amide bonds. The van der Waals surface area contributed by atoms with E-state index in [2.05, 4.69) is 0 Å². The van der Waals surface area contributed by atoms with E-state index in [-0.39, 0.29) is 13.6 Å². The third kappa shape index (κ3) is 4.68. The molecule has 2 heterocycles. The molecule has 0 spiro atoms. The number of carbonyl (C=O) groups is 4. The standard InChI is InChI=1S/C28H24O12/c1-35-21(29)9-15(13-3-5-17-19(7-13)39-11-37-17)23-25(31)27(33)24(28(34)26(23)32)16(10-22(30)36-2)14-4-6-18-20(8-14)40-12-38-18/h3-8,15-16,31,34H,9-12H2,1-2H3/t15-,16-/m1/s1. The zero-order valence-corrected chi connectivity index (χ0v) is 21.4. The van der Waals surface area contributed by atoms with Gasteiger partial charge in [0.25, 0.3) is 0 Å². The maximum absolute atomic E-state index is 13.6. The highest BCUT2D eigenvalue weighted by molar-refractivity contribution is 6.24. The molecule has 2 aliphatic heterocycles. The van der Waals surface area contributed by atoms with Crippen molar-refractivity contribution in [1.29, 1.82) is 0 Å². The Kier molecular flexibility index (Phi) is 7.07. The lowest BCUT2D eigenvalue weighted by atomic mass is 9.76. The maximum atomic E-state index is 13.6. The molecule has 2 aromatic carbocycles. The molecule has 208 valence electrons. The average molecular weight is 552 g/mol. The van der Waals surface area contributed by atoms with E-state index < -0.39 is 70.8 Å². The number of hydrogen-bond acceptors (Lipinski definition) is 12. The van der Waals surface area contributed by atoms with Crippen molar-refractivity contribution < 1.29 is 57.8 Å². The number of benzene rings is 2. The second-order valence-electron chi connectivity index (χ2n) is 9.07. The summed E-state index contributed by atoms with van der Waals surface area (Å²) in [5.74, 6) is -6.43. The Morgan fingerprint density at radius 2 is 1.07 bits per heavy atom. The van der Waals surface area contributed by atoms with E-state index in [1.807, 2.05) is 0 Å². The van der Waals surface area contributed by atoms with Crippen molar-refractivity contribution in [2.45, 2.75) is 24.7 Å². The first kappa shape index (κ1) is 26.6. The summed E-state index contributed by atoms with van der Waals surface area (Å²) in [4.78, 5) is 51.9. The molecule has 0 saturated carbocycles. The fourth-order valence-electron chi connectivity index (χ4n) is 4.89. The summed E-state index contributed by atoms with van der Waals surface area (Å²) in [6, 6.07) is 9.22. The quantitative estimate of drug-likeness (QED) is 0.364. The summed E-state index contributed by atoms with van der Waals surface area (Å²) in [7, 11) is 2.30. The average Bonchev–Trinajstić information content (AvgIpc) is 3.63. The zero-order chi connectivity index (χ0) is 28.6. The van der Waals surface area contributed by atoms with Gasteiger partial charge in [-0.25, -0.2) is 0 Å². The first-order valence-electron chi connectivity index (χ1n) is 12.1.